The maximum Gasteiger partial charge on any atom is 0.205 e. The molecule has 6 nitrogen and oxygen atoms in total. The molecule has 0 radical (unpaired) electrons. The summed E-state index contributed by atoms with van der Waals surface area (Å²) in [7, 11) is 3.63. The zero-order chi connectivity index (χ0) is 58.9. The Kier molecular flexibility index (Phi) is 21.5. The van der Waals surface area contributed by atoms with Gasteiger partial charge in [0, 0.05) is 30.8 Å². The van der Waals surface area contributed by atoms with Crippen LogP contribution in [0.2, 0.25) is 0 Å². The quantitative estimate of drug-likeness (QED) is 0.0579. The standard InChI is InChI=1S/C34H47N3.C23H32N2S.C11H17NP2/c1-16-19(4)25(10)31(26(11)20(16)5)35-34(36-32-27(12)21(6)17(2)22(7)28(32)13)37-33-29(14)23(8)18(3)24(9)30(33)15;1-11-13(3)17(7)21(18(8)14(11)4)24-23(26)25-22-19(9)15(5)12(2)16(6)20(22)10;1-6-7(2)9(4)11(12-14-13)10(5)8(6)3/h1-15H3,(H2,35,36,37);1-10H3,(H2,24,25,26);13H2,1-5H3. The fourth-order valence-corrected chi connectivity index (χ4v) is 11.7. The number of nitrogens with zero attached hydrogens (tertiary/aromatic N) is 2. The third-order valence-corrected chi connectivity index (χ3v) is 20.1. The lowest BCUT2D eigenvalue weighted by atomic mass is 9.92. The SMILES string of the molecule is Cc1c(C)c(C)c(N=C(Nc2c(C)c(C)c(C)c(C)c2C)Nc2c(C)c(C)c(C)c(C)c2C)c(C)c1C.Cc1c(C)c(C)c(N=PP)c(C)c1C.Cc1c(C)c(C)c(NC(=S)Nc2c(C)c(C)c(C)c(C)c2C)c(C)c1C. The van der Waals surface area contributed by atoms with Crippen molar-refractivity contribution in [1.82, 2.24) is 0 Å². The highest BCUT2D eigenvalue weighted by Gasteiger charge is 2.21. The summed E-state index contributed by atoms with van der Waals surface area (Å²) >= 11 is 5.67. The minimum Gasteiger partial charge on any atom is -0.332 e. The number of hydrogen-bond donors (Lipinski definition) is 4. The summed E-state index contributed by atoms with van der Waals surface area (Å²) in [4.78, 5) is 5.33. The summed E-state index contributed by atoms with van der Waals surface area (Å²) in [6, 6.07) is 0. The number of thiocarbonyl (C=S) groups is 1. The van der Waals surface area contributed by atoms with E-state index in [0.29, 0.717) is 5.11 Å². The molecule has 6 rings (SSSR count). The molecule has 0 heterocycles. The number of aliphatic imine (C=N–C) groups is 1. The van der Waals surface area contributed by atoms with Gasteiger partial charge in [-0.2, -0.15) is 0 Å². The first-order valence-electron chi connectivity index (χ1n) is 27.3. The van der Waals surface area contributed by atoms with Gasteiger partial charge in [0.1, 0.15) is 0 Å². The summed E-state index contributed by atoms with van der Waals surface area (Å²) in [5.41, 5.74) is 46.2. The molecule has 0 fully saturated rings. The van der Waals surface area contributed by atoms with E-state index < -0.39 is 0 Å². The van der Waals surface area contributed by atoms with Crippen LogP contribution < -0.4 is 21.3 Å². The summed E-state index contributed by atoms with van der Waals surface area (Å²) in [6.45, 7) is 65.8. The average molecular weight is 1090 g/mol. The maximum absolute atomic E-state index is 5.67. The van der Waals surface area contributed by atoms with E-state index in [0.717, 1.165) is 42.5 Å². The van der Waals surface area contributed by atoms with Crippen molar-refractivity contribution in [2.24, 2.45) is 9.74 Å². The molecule has 9 heteroatoms. The zero-order valence-electron chi connectivity index (χ0n) is 53.3. The van der Waals surface area contributed by atoms with Gasteiger partial charge in [0.15, 0.2) is 5.11 Å². The first-order valence-corrected chi connectivity index (χ1v) is 30.2. The topological polar surface area (TPSA) is 72.8 Å². The van der Waals surface area contributed by atoms with Crippen LogP contribution >= 0.6 is 29.2 Å². The van der Waals surface area contributed by atoms with Gasteiger partial charge >= 0.3 is 0 Å². The van der Waals surface area contributed by atoms with E-state index in [1.807, 2.05) is 0 Å². The van der Waals surface area contributed by atoms with Crippen LogP contribution in [0.15, 0.2) is 9.74 Å². The second kappa shape index (κ2) is 25.7. The van der Waals surface area contributed by atoms with E-state index in [2.05, 4.69) is 243 Å². The predicted molar refractivity (Wildman–Crippen MR) is 354 cm³/mol. The second-order valence-electron chi connectivity index (χ2n) is 22.5. The Hall–Kier alpha value is -5.19. The number of nitrogens with one attached hydrogen (secondary N) is 4. The van der Waals surface area contributed by atoms with Crippen molar-refractivity contribution in [1.29, 1.82) is 0 Å². The Balaban J connectivity index is 0.000000276. The first-order chi connectivity index (χ1) is 35.6. The van der Waals surface area contributed by atoms with Gasteiger partial charge in [-0.05, 0) is 387 Å². The summed E-state index contributed by atoms with van der Waals surface area (Å²) < 4.78 is 4.50. The Morgan fingerprint density at radius 1 is 0.260 bits per heavy atom. The van der Waals surface area contributed by atoms with Gasteiger partial charge in [0.25, 0.3) is 0 Å². The van der Waals surface area contributed by atoms with Crippen molar-refractivity contribution in [2.75, 3.05) is 21.3 Å². The van der Waals surface area contributed by atoms with E-state index in [-0.39, 0.29) is 0 Å². The Labute approximate surface area is 477 Å². The number of anilines is 4. The van der Waals surface area contributed by atoms with Crippen molar-refractivity contribution in [3.8, 4) is 0 Å². The molecule has 0 saturated carbocycles. The first kappa shape index (κ1) is 64.3. The summed E-state index contributed by atoms with van der Waals surface area (Å²) in [5, 5.41) is 15.1. The molecule has 77 heavy (non-hydrogen) atoms. The van der Waals surface area contributed by atoms with Crippen LogP contribution in [0.1, 0.15) is 167 Å². The zero-order valence-corrected chi connectivity index (χ0v) is 56.2. The third kappa shape index (κ3) is 12.8. The molecule has 0 amide bonds. The molecule has 0 bridgehead atoms. The maximum atomic E-state index is 5.67. The van der Waals surface area contributed by atoms with Gasteiger partial charge in [-0.25, -0.2) is 9.74 Å². The van der Waals surface area contributed by atoms with Crippen molar-refractivity contribution in [3.63, 3.8) is 0 Å². The highest BCUT2D eigenvalue weighted by atomic mass is 32.1. The van der Waals surface area contributed by atoms with E-state index >= 15 is 0 Å². The minimum absolute atomic E-state index is 0.646. The normalized spacial score (nSPS) is 11.1. The lowest BCUT2D eigenvalue weighted by Gasteiger charge is -2.25. The predicted octanol–water partition coefficient (Wildman–Crippen LogP) is 20.9. The molecule has 6 aromatic carbocycles. The number of benzene rings is 6. The van der Waals surface area contributed by atoms with E-state index in [9.17, 15) is 0 Å². The van der Waals surface area contributed by atoms with Crippen LogP contribution in [-0.2, 0) is 0 Å². The molecule has 4 N–H and O–H groups in total. The average Bonchev–Trinajstić information content (AvgIpc) is 3.41. The van der Waals surface area contributed by atoms with Gasteiger partial charge in [-0.3, -0.25) is 0 Å². The molecular weight excluding hydrogens is 995 g/mol. The van der Waals surface area contributed by atoms with E-state index in [4.69, 9.17) is 17.2 Å². The minimum atomic E-state index is 0.646. The Bertz CT molecular complexity index is 3100. The molecular formula is C68H96N6P2S. The molecule has 0 aliphatic heterocycles. The van der Waals surface area contributed by atoms with Crippen molar-refractivity contribution in [3.05, 3.63) is 167 Å². The highest BCUT2D eigenvalue weighted by Crippen LogP contribution is 2.39. The van der Waals surface area contributed by atoms with Gasteiger partial charge in [-0.15, -0.1) is 0 Å². The number of hydrogen-bond acceptors (Lipinski definition) is 3. The second-order valence-corrected chi connectivity index (χ2v) is 24.0. The van der Waals surface area contributed by atoms with Gasteiger partial charge < -0.3 is 21.3 Å². The lowest BCUT2D eigenvalue weighted by Crippen LogP contribution is -2.25. The molecule has 6 aromatic rings. The van der Waals surface area contributed by atoms with Crippen molar-refractivity contribution in [2.45, 2.75) is 208 Å². The third-order valence-electron chi connectivity index (χ3n) is 19.3. The smallest absolute Gasteiger partial charge is 0.205 e. The summed E-state index contributed by atoms with van der Waals surface area (Å²) in [6.07, 6.45) is 0. The largest absolute Gasteiger partial charge is 0.332 e. The van der Waals surface area contributed by atoms with Crippen LogP contribution in [0.25, 0.3) is 0 Å². The highest BCUT2D eigenvalue weighted by molar-refractivity contribution is 7.97. The molecule has 1 atom stereocenters. The van der Waals surface area contributed by atoms with Crippen LogP contribution in [0, 0.1) is 208 Å². The van der Waals surface area contributed by atoms with Crippen LogP contribution in [0.3, 0.4) is 0 Å². The summed E-state index contributed by atoms with van der Waals surface area (Å²) in [5.74, 6) is 0.761. The fourth-order valence-electron chi connectivity index (χ4n) is 10.8. The van der Waals surface area contributed by atoms with Gasteiger partial charge in [0.05, 0.1) is 11.4 Å². The monoisotopic (exact) mass is 1090 g/mol. The number of guanidine groups is 1. The molecule has 0 spiro atoms. The van der Waals surface area contributed by atoms with E-state index in [1.54, 1.807) is 0 Å². The van der Waals surface area contributed by atoms with Crippen molar-refractivity contribution < 1.29 is 0 Å². The Morgan fingerprint density at radius 3 is 0.636 bits per heavy atom. The molecule has 1 unspecified atom stereocenters. The van der Waals surface area contributed by atoms with Crippen LogP contribution in [-0.4, -0.2) is 11.1 Å². The number of rotatable bonds is 6. The van der Waals surface area contributed by atoms with Gasteiger partial charge in [-0.1, -0.05) is 8.93 Å². The van der Waals surface area contributed by atoms with Crippen LogP contribution in [0.4, 0.5) is 34.1 Å². The van der Waals surface area contributed by atoms with E-state index in [1.165, 1.54) is 173 Å². The molecule has 0 aliphatic rings. The molecule has 414 valence electrons. The van der Waals surface area contributed by atoms with Crippen LogP contribution in [0.5, 0.6) is 0 Å². The lowest BCUT2D eigenvalue weighted by molar-refractivity contribution is 1.15. The molecule has 0 saturated heterocycles. The molecule has 0 aliphatic carbocycles. The van der Waals surface area contributed by atoms with Crippen molar-refractivity contribution >= 4 is 74.4 Å². The Morgan fingerprint density at radius 2 is 0.429 bits per heavy atom. The fraction of sp³-hybridized carbons (Fsp3) is 0.441. The van der Waals surface area contributed by atoms with Gasteiger partial charge in [0.2, 0.25) is 5.96 Å². The molecule has 0 aromatic heterocycles.